The van der Waals surface area contributed by atoms with E-state index in [1.54, 1.807) is 12.4 Å². The third-order valence-electron chi connectivity index (χ3n) is 5.47. The van der Waals surface area contributed by atoms with Crippen LogP contribution in [0.3, 0.4) is 0 Å². The summed E-state index contributed by atoms with van der Waals surface area (Å²) in [7, 11) is 0. The van der Waals surface area contributed by atoms with Crippen LogP contribution in [0.25, 0.3) is 11.2 Å². The first kappa shape index (κ1) is 18.2. The maximum atomic E-state index is 12.3. The van der Waals surface area contributed by atoms with Crippen LogP contribution in [0.2, 0.25) is 0 Å². The van der Waals surface area contributed by atoms with Crippen LogP contribution in [0.4, 0.5) is 20.4 Å². The van der Waals surface area contributed by atoms with E-state index in [1.165, 1.54) is 18.9 Å². The van der Waals surface area contributed by atoms with Gasteiger partial charge in [0, 0.05) is 19.3 Å². The molecule has 5 rings (SSSR count). The number of ether oxygens (including phenoxy) is 2. The number of anilines is 2. The van der Waals surface area contributed by atoms with E-state index in [0.717, 1.165) is 31.6 Å². The zero-order chi connectivity index (χ0) is 19.8. The predicted octanol–water partition coefficient (Wildman–Crippen LogP) is 3.27. The summed E-state index contributed by atoms with van der Waals surface area (Å²) in [5.41, 5.74) is 1.43. The number of hydrogen-bond acceptors (Lipinski definition) is 7. The zero-order valence-electron chi connectivity index (χ0n) is 15.6. The van der Waals surface area contributed by atoms with E-state index in [-0.39, 0.29) is 11.9 Å². The van der Waals surface area contributed by atoms with Crippen LogP contribution in [-0.2, 0) is 4.74 Å². The van der Waals surface area contributed by atoms with Crippen molar-refractivity contribution < 1.29 is 18.3 Å². The Kier molecular flexibility index (Phi) is 4.74. The van der Waals surface area contributed by atoms with Gasteiger partial charge in [-0.05, 0) is 37.5 Å². The second kappa shape index (κ2) is 7.54. The number of hydrogen-bond donors (Lipinski definition) is 2. The van der Waals surface area contributed by atoms with Gasteiger partial charge in [0.25, 0.3) is 0 Å². The SMILES string of the molecule is FC(F)Oc1cc(Nc2cnc3cnn(C(C4CCOCC4)C4CC4)c3n2)n[nH]1. The van der Waals surface area contributed by atoms with Crippen LogP contribution >= 0.6 is 0 Å². The molecule has 1 saturated heterocycles. The lowest BCUT2D eigenvalue weighted by Gasteiger charge is -2.30. The smallest absolute Gasteiger partial charge is 0.388 e. The summed E-state index contributed by atoms with van der Waals surface area (Å²) in [5.74, 6) is 1.76. The molecule has 29 heavy (non-hydrogen) atoms. The standard InChI is InChI=1S/C18H21F2N7O2/c19-18(20)29-15-7-13(25-26-15)23-14-9-21-12-8-22-27(17(12)24-14)16(10-1-2-10)11-3-5-28-6-4-11/h7-11,16,18H,1-6H2,(H2,23,24,25,26). The van der Waals surface area contributed by atoms with Gasteiger partial charge in [-0.2, -0.15) is 19.0 Å². The van der Waals surface area contributed by atoms with Gasteiger partial charge in [0.15, 0.2) is 17.3 Å². The molecule has 3 aromatic heterocycles. The van der Waals surface area contributed by atoms with Crippen molar-refractivity contribution in [3.8, 4) is 5.88 Å². The van der Waals surface area contributed by atoms with Gasteiger partial charge in [-0.25, -0.2) is 19.7 Å². The zero-order valence-corrected chi connectivity index (χ0v) is 15.6. The lowest BCUT2D eigenvalue weighted by atomic mass is 9.89. The largest absolute Gasteiger partial charge is 0.417 e. The van der Waals surface area contributed by atoms with Crippen molar-refractivity contribution in [2.75, 3.05) is 18.5 Å². The second-order valence-corrected chi connectivity index (χ2v) is 7.45. The average Bonchev–Trinajstić information content (AvgIpc) is 3.32. The van der Waals surface area contributed by atoms with Crippen LogP contribution in [0.1, 0.15) is 31.7 Å². The Morgan fingerprint density at radius 2 is 1.93 bits per heavy atom. The fourth-order valence-corrected chi connectivity index (χ4v) is 4.03. The summed E-state index contributed by atoms with van der Waals surface area (Å²) in [5, 5.41) is 13.9. The number of nitrogens with one attached hydrogen (secondary N) is 2. The van der Waals surface area contributed by atoms with Gasteiger partial charge < -0.3 is 14.8 Å². The Labute approximate surface area is 164 Å². The molecule has 2 aliphatic rings. The van der Waals surface area contributed by atoms with Crippen LogP contribution in [0.5, 0.6) is 5.88 Å². The number of nitrogens with zero attached hydrogens (tertiary/aromatic N) is 5. The number of aromatic amines is 1. The highest BCUT2D eigenvalue weighted by atomic mass is 19.3. The Hall–Kier alpha value is -2.82. The molecule has 3 aromatic rings. The van der Waals surface area contributed by atoms with Gasteiger partial charge in [-0.3, -0.25) is 0 Å². The molecule has 2 N–H and O–H groups in total. The van der Waals surface area contributed by atoms with Crippen molar-refractivity contribution in [3.05, 3.63) is 18.5 Å². The van der Waals surface area contributed by atoms with E-state index in [1.807, 2.05) is 4.68 Å². The van der Waals surface area contributed by atoms with E-state index >= 15 is 0 Å². The van der Waals surface area contributed by atoms with Gasteiger partial charge >= 0.3 is 6.61 Å². The maximum Gasteiger partial charge on any atom is 0.388 e. The van der Waals surface area contributed by atoms with Gasteiger partial charge in [-0.1, -0.05) is 0 Å². The van der Waals surface area contributed by atoms with Crippen molar-refractivity contribution in [2.24, 2.45) is 11.8 Å². The molecule has 1 unspecified atom stereocenters. The van der Waals surface area contributed by atoms with Crippen LogP contribution < -0.4 is 10.1 Å². The highest BCUT2D eigenvalue weighted by Gasteiger charge is 2.39. The number of H-pyrrole nitrogens is 1. The molecule has 4 heterocycles. The van der Waals surface area contributed by atoms with Crippen molar-refractivity contribution in [1.82, 2.24) is 29.9 Å². The molecule has 1 atom stereocenters. The minimum absolute atomic E-state index is 0.130. The minimum Gasteiger partial charge on any atom is -0.417 e. The van der Waals surface area contributed by atoms with Gasteiger partial charge in [0.2, 0.25) is 5.88 Å². The topological polar surface area (TPSA) is 103 Å². The first-order valence-corrected chi connectivity index (χ1v) is 9.72. The molecule has 0 radical (unpaired) electrons. The third-order valence-corrected chi connectivity index (χ3v) is 5.47. The van der Waals surface area contributed by atoms with E-state index in [9.17, 15) is 8.78 Å². The van der Waals surface area contributed by atoms with Crippen molar-refractivity contribution in [3.63, 3.8) is 0 Å². The Balaban J connectivity index is 1.41. The third kappa shape index (κ3) is 3.86. The number of halogens is 2. The molecular weight excluding hydrogens is 384 g/mol. The highest BCUT2D eigenvalue weighted by Crippen LogP contribution is 2.46. The Morgan fingerprint density at radius 3 is 2.69 bits per heavy atom. The van der Waals surface area contributed by atoms with Crippen molar-refractivity contribution in [1.29, 1.82) is 0 Å². The summed E-state index contributed by atoms with van der Waals surface area (Å²) in [6, 6.07) is 1.63. The molecule has 0 bridgehead atoms. The van der Waals surface area contributed by atoms with Gasteiger partial charge in [-0.15, -0.1) is 0 Å². The fraction of sp³-hybridized carbons (Fsp3) is 0.556. The second-order valence-electron chi connectivity index (χ2n) is 7.45. The predicted molar refractivity (Wildman–Crippen MR) is 99.1 cm³/mol. The number of aromatic nitrogens is 6. The van der Waals surface area contributed by atoms with Crippen LogP contribution in [-0.4, -0.2) is 49.8 Å². The highest BCUT2D eigenvalue weighted by molar-refractivity contribution is 5.72. The quantitative estimate of drug-likeness (QED) is 0.622. The summed E-state index contributed by atoms with van der Waals surface area (Å²) in [6.45, 7) is -1.35. The summed E-state index contributed by atoms with van der Waals surface area (Å²) < 4.78 is 36.5. The van der Waals surface area contributed by atoms with Crippen LogP contribution in [0, 0.1) is 11.8 Å². The van der Waals surface area contributed by atoms with Crippen molar-refractivity contribution >= 4 is 22.8 Å². The fourth-order valence-electron chi connectivity index (χ4n) is 4.03. The van der Waals surface area contributed by atoms with Crippen LogP contribution in [0.15, 0.2) is 18.5 Å². The monoisotopic (exact) mass is 405 g/mol. The van der Waals surface area contributed by atoms with E-state index in [2.05, 4.69) is 35.3 Å². The lowest BCUT2D eigenvalue weighted by Crippen LogP contribution is -2.28. The molecule has 0 amide bonds. The molecule has 2 fully saturated rings. The normalized spacial score (nSPS) is 19.0. The molecule has 0 aromatic carbocycles. The molecule has 9 nitrogen and oxygen atoms in total. The first-order valence-electron chi connectivity index (χ1n) is 9.72. The summed E-state index contributed by atoms with van der Waals surface area (Å²) in [4.78, 5) is 9.12. The molecule has 11 heteroatoms. The molecule has 1 saturated carbocycles. The average molecular weight is 405 g/mol. The Bertz CT molecular complexity index is 982. The maximum absolute atomic E-state index is 12.3. The molecule has 1 aliphatic heterocycles. The summed E-state index contributed by atoms with van der Waals surface area (Å²) >= 11 is 0. The van der Waals surface area contributed by atoms with Gasteiger partial charge in [0.1, 0.15) is 5.52 Å². The number of rotatable bonds is 7. The lowest BCUT2D eigenvalue weighted by molar-refractivity contribution is -0.0528. The minimum atomic E-state index is -2.92. The number of fused-ring (bicyclic) bond motifs is 1. The molecule has 154 valence electrons. The molecular formula is C18H21F2N7O2. The molecule has 0 spiro atoms. The van der Waals surface area contributed by atoms with E-state index < -0.39 is 6.61 Å². The van der Waals surface area contributed by atoms with Gasteiger partial charge in [0.05, 0.1) is 18.4 Å². The van der Waals surface area contributed by atoms with Crippen molar-refractivity contribution in [2.45, 2.75) is 38.3 Å². The molecule has 1 aliphatic carbocycles. The Morgan fingerprint density at radius 1 is 1.14 bits per heavy atom. The van der Waals surface area contributed by atoms with E-state index in [0.29, 0.717) is 29.1 Å². The summed E-state index contributed by atoms with van der Waals surface area (Å²) in [6.07, 6.45) is 7.76. The number of alkyl halides is 2. The van der Waals surface area contributed by atoms with E-state index in [4.69, 9.17) is 4.74 Å². The first-order chi connectivity index (χ1) is 14.2.